The number of rotatable bonds is 11. The molecule has 5 aromatic rings. The number of pyridine rings is 1. The Morgan fingerprint density at radius 3 is 2.20 bits per heavy atom. The van der Waals surface area contributed by atoms with Crippen molar-refractivity contribution in [2.75, 3.05) is 5.32 Å². The second kappa shape index (κ2) is 14.1. The highest BCUT2D eigenvalue weighted by Crippen LogP contribution is 2.31. The minimum Gasteiger partial charge on any atom is -0.478 e. The van der Waals surface area contributed by atoms with Crippen molar-refractivity contribution in [2.24, 2.45) is 0 Å². The Kier molecular flexibility index (Phi) is 9.77. The van der Waals surface area contributed by atoms with Crippen molar-refractivity contribution in [3.8, 4) is 11.5 Å². The first-order valence-corrected chi connectivity index (χ1v) is 15.3. The average molecular weight is 610 g/mol. The minimum atomic E-state index is -1.11. The fourth-order valence-corrected chi connectivity index (χ4v) is 5.50. The summed E-state index contributed by atoms with van der Waals surface area (Å²) < 4.78 is 6.22. The van der Waals surface area contributed by atoms with Gasteiger partial charge >= 0.3 is 5.97 Å². The summed E-state index contributed by atoms with van der Waals surface area (Å²) in [5.41, 5.74) is 8.73. The lowest BCUT2D eigenvalue weighted by Crippen LogP contribution is -2.19. The predicted molar refractivity (Wildman–Crippen MR) is 187 cm³/mol. The quantitative estimate of drug-likeness (QED) is 0.130. The van der Waals surface area contributed by atoms with Crippen LogP contribution in [-0.2, 0) is 6.42 Å². The molecule has 0 fully saturated rings. The zero-order valence-corrected chi connectivity index (χ0v) is 26.9. The number of hydrogen-bond acceptors (Lipinski definition) is 5. The number of nitrogens with one attached hydrogen (secondary N) is 2. The molecule has 0 amide bonds. The van der Waals surface area contributed by atoms with Gasteiger partial charge < -0.3 is 20.6 Å². The first-order valence-electron chi connectivity index (χ1n) is 15.3. The molecule has 46 heavy (non-hydrogen) atoms. The molecule has 5 rings (SSSR count). The Morgan fingerprint density at radius 2 is 1.57 bits per heavy atom. The smallest absolute Gasteiger partial charge is 0.336 e. The number of ether oxygens (including phenoxy) is 1. The van der Waals surface area contributed by atoms with E-state index in [-0.39, 0.29) is 22.9 Å². The maximum atomic E-state index is 12.4. The fraction of sp³-hybridized carbons (Fsp3) is 0.175. The Balaban J connectivity index is 1.53. The normalized spacial score (nSPS) is 11.8. The van der Waals surface area contributed by atoms with E-state index in [1.807, 2.05) is 78.9 Å². The number of anilines is 1. The second-order valence-corrected chi connectivity index (χ2v) is 11.7. The molecule has 1 heterocycles. The van der Waals surface area contributed by atoms with Gasteiger partial charge in [0, 0.05) is 5.71 Å². The van der Waals surface area contributed by atoms with Gasteiger partial charge in [0.15, 0.2) is 0 Å². The number of carbonyl (C=O) groups is 1. The van der Waals surface area contributed by atoms with E-state index in [4.69, 9.17) is 15.1 Å². The van der Waals surface area contributed by atoms with Crippen LogP contribution in [0, 0.1) is 33.1 Å². The number of carboxylic acid groups (broad SMARTS) is 1. The van der Waals surface area contributed by atoms with Crippen LogP contribution in [-0.4, -0.2) is 21.8 Å². The highest BCUT2D eigenvalue weighted by molar-refractivity contribution is 6.09. The van der Waals surface area contributed by atoms with Gasteiger partial charge in [0.05, 0.1) is 22.9 Å². The summed E-state index contributed by atoms with van der Waals surface area (Å²) in [6.45, 7) is 9.93. The van der Waals surface area contributed by atoms with E-state index >= 15 is 0 Å². The Morgan fingerprint density at radius 1 is 0.870 bits per heavy atom. The first-order chi connectivity index (χ1) is 22.1. The molecule has 0 aliphatic carbocycles. The monoisotopic (exact) mass is 609 g/mol. The zero-order valence-electron chi connectivity index (χ0n) is 26.9. The van der Waals surface area contributed by atoms with Gasteiger partial charge in [-0.05, 0) is 111 Å². The third-order valence-electron chi connectivity index (χ3n) is 8.14. The van der Waals surface area contributed by atoms with Gasteiger partial charge in [0.2, 0.25) is 0 Å². The molecule has 0 bridgehead atoms. The molecule has 4 aromatic carbocycles. The van der Waals surface area contributed by atoms with Crippen molar-refractivity contribution < 1.29 is 14.6 Å². The summed E-state index contributed by atoms with van der Waals surface area (Å²) in [6, 6.07) is 31.4. The van der Waals surface area contributed by atoms with Gasteiger partial charge in [-0.3, -0.25) is 0 Å². The van der Waals surface area contributed by atoms with Crippen LogP contribution in [0.4, 0.5) is 5.82 Å². The lowest BCUT2D eigenvalue weighted by atomic mass is 9.96. The predicted octanol–water partition coefficient (Wildman–Crippen LogP) is 9.76. The van der Waals surface area contributed by atoms with Crippen LogP contribution in [0.15, 0.2) is 97.1 Å². The summed E-state index contributed by atoms with van der Waals surface area (Å²) in [7, 11) is 0. The third-order valence-corrected chi connectivity index (χ3v) is 8.14. The van der Waals surface area contributed by atoms with E-state index in [9.17, 15) is 9.90 Å². The largest absolute Gasteiger partial charge is 0.478 e. The molecule has 232 valence electrons. The van der Waals surface area contributed by atoms with Crippen LogP contribution in [0.5, 0.6) is 11.5 Å². The molecule has 6 nitrogen and oxygen atoms in total. The topological polar surface area (TPSA) is 95.3 Å². The number of aromatic nitrogens is 1. The van der Waals surface area contributed by atoms with Crippen molar-refractivity contribution in [1.82, 2.24) is 4.98 Å². The molecule has 6 heteroatoms. The van der Waals surface area contributed by atoms with Gasteiger partial charge in [-0.25, -0.2) is 9.78 Å². The van der Waals surface area contributed by atoms with Crippen molar-refractivity contribution in [1.29, 1.82) is 5.41 Å². The molecular weight excluding hydrogens is 570 g/mol. The van der Waals surface area contributed by atoms with E-state index in [1.165, 1.54) is 22.8 Å². The standard InChI is InChI=1S/C40H39N3O3/c1-25-10-9-13-31(20-25)23-37(32-15-18-34(19-16-32)46-35-21-26(2)28(4)27(3)22-35)43-39-38(29(5)41)36(40(44)45)24-33(42-39)17-14-30-11-7-6-8-12-30/h6-22,24,37,41H,23H2,1-5H3,(H,42,43)(H,44,45)/b17-14+,41-29?. The highest BCUT2D eigenvalue weighted by atomic mass is 16.5. The SMILES string of the molecule is CC(=N)c1c(C(=O)O)cc(/C=C/c2ccccc2)nc1NC(Cc1cccc(C)c1)c1ccc(Oc2cc(C)c(C)c(C)c2)cc1. The molecule has 0 radical (unpaired) electrons. The Bertz CT molecular complexity index is 1890. The van der Waals surface area contributed by atoms with Crippen LogP contribution < -0.4 is 10.1 Å². The van der Waals surface area contributed by atoms with Gasteiger partial charge in [-0.1, -0.05) is 78.4 Å². The number of aromatic carboxylic acids is 1. The number of benzene rings is 4. The maximum Gasteiger partial charge on any atom is 0.336 e. The molecular formula is C40H39N3O3. The fourth-order valence-electron chi connectivity index (χ4n) is 5.50. The lowest BCUT2D eigenvalue weighted by Gasteiger charge is -2.23. The van der Waals surface area contributed by atoms with E-state index in [0.29, 0.717) is 17.9 Å². The van der Waals surface area contributed by atoms with Crippen molar-refractivity contribution in [3.63, 3.8) is 0 Å². The Labute approximate surface area is 271 Å². The number of carboxylic acids is 1. The van der Waals surface area contributed by atoms with E-state index in [1.54, 1.807) is 13.0 Å². The van der Waals surface area contributed by atoms with Gasteiger partial charge in [0.25, 0.3) is 0 Å². The number of aryl methyl sites for hydroxylation is 3. The van der Waals surface area contributed by atoms with Crippen molar-refractivity contribution in [2.45, 2.75) is 47.1 Å². The van der Waals surface area contributed by atoms with Crippen molar-refractivity contribution in [3.05, 3.63) is 153 Å². The van der Waals surface area contributed by atoms with Crippen LogP contribution >= 0.6 is 0 Å². The van der Waals surface area contributed by atoms with Gasteiger partial charge in [0.1, 0.15) is 17.3 Å². The molecule has 3 N–H and O–H groups in total. The molecule has 1 unspecified atom stereocenters. The lowest BCUT2D eigenvalue weighted by molar-refractivity contribution is 0.0696. The molecule has 0 saturated carbocycles. The average Bonchev–Trinajstić information content (AvgIpc) is 3.03. The maximum absolute atomic E-state index is 12.4. The highest BCUT2D eigenvalue weighted by Gasteiger charge is 2.22. The minimum absolute atomic E-state index is 0.0273. The van der Waals surface area contributed by atoms with Crippen LogP contribution in [0.2, 0.25) is 0 Å². The molecule has 0 aliphatic heterocycles. The number of hydrogen-bond donors (Lipinski definition) is 3. The summed E-state index contributed by atoms with van der Waals surface area (Å²) >= 11 is 0. The van der Waals surface area contributed by atoms with Crippen LogP contribution in [0.3, 0.4) is 0 Å². The molecule has 0 spiro atoms. The summed E-state index contributed by atoms with van der Waals surface area (Å²) in [4.78, 5) is 17.3. The van der Waals surface area contributed by atoms with E-state index in [2.05, 4.69) is 51.2 Å². The summed E-state index contributed by atoms with van der Waals surface area (Å²) in [6.07, 6.45) is 4.31. The van der Waals surface area contributed by atoms with Gasteiger partial charge in [-0.15, -0.1) is 0 Å². The summed E-state index contributed by atoms with van der Waals surface area (Å²) in [5, 5.41) is 22.2. The Hall–Kier alpha value is -5.49. The van der Waals surface area contributed by atoms with Gasteiger partial charge in [-0.2, -0.15) is 0 Å². The summed E-state index contributed by atoms with van der Waals surface area (Å²) in [5.74, 6) is 0.749. The second-order valence-electron chi connectivity index (χ2n) is 11.7. The van der Waals surface area contributed by atoms with Crippen molar-refractivity contribution >= 4 is 29.7 Å². The van der Waals surface area contributed by atoms with Crippen LogP contribution in [0.1, 0.15) is 73.5 Å². The van der Waals surface area contributed by atoms with Crippen LogP contribution in [0.25, 0.3) is 12.2 Å². The molecule has 0 aliphatic rings. The molecule has 1 atom stereocenters. The third kappa shape index (κ3) is 7.77. The van der Waals surface area contributed by atoms with E-state index in [0.717, 1.165) is 33.8 Å². The zero-order chi connectivity index (χ0) is 32.8. The molecule has 1 aromatic heterocycles. The molecule has 0 saturated heterocycles. The number of nitrogens with zero attached hydrogens (tertiary/aromatic N) is 1. The van der Waals surface area contributed by atoms with E-state index < -0.39 is 5.97 Å². The first kappa shape index (κ1) is 31.9.